The predicted molar refractivity (Wildman–Crippen MR) is 292 cm³/mol. The average Bonchev–Trinajstić information content (AvgIpc) is 2.33. The first-order valence-corrected chi connectivity index (χ1v) is 23.4. The molecule has 7 aromatic carbocycles. The minimum Gasteiger partial charge on any atom is -0.507 e. The monoisotopic (exact) mass is 1110 g/mol. The minimum absolute atomic E-state index is 0. The molecule has 0 aliphatic heterocycles. The molecule has 0 saturated carbocycles. The van der Waals surface area contributed by atoms with Crippen LogP contribution in [0.2, 0.25) is 0 Å². The van der Waals surface area contributed by atoms with Crippen LogP contribution in [0.3, 0.4) is 0 Å². The van der Waals surface area contributed by atoms with Crippen molar-refractivity contribution in [3.63, 3.8) is 0 Å². The molecule has 0 atom stereocenters. The first-order valence-electron chi connectivity index (χ1n) is 29.4. The summed E-state index contributed by atoms with van der Waals surface area (Å²) in [5.74, 6) is -0.360. The number of aromatic nitrogens is 3. The molecule has 0 aliphatic carbocycles. The molecular formula is C65H66N3OPt-. The van der Waals surface area contributed by atoms with Gasteiger partial charge in [0.25, 0.3) is 0 Å². The van der Waals surface area contributed by atoms with E-state index in [1.807, 2.05) is 120 Å². The SMILES string of the molecule is [2H]C([2H])([2H])c1cnc(-c2[c-]c(-c3cccc4c3nc(-c3cc(C(C([2H])([2H])[2H])(C([2H])([2H])[2H])C([2H])([2H])[2H])ccc3O)n4-c3c(-c4ccccc4)cc(C(C)(C)C)cc3-c3ccccc3)cc(C(C)(C)C)c2)cc1-c1ccc(C(C)(C)C)cc1.[Pt]. The van der Waals surface area contributed by atoms with E-state index in [0.29, 0.717) is 50.2 Å². The molecule has 9 aromatic rings. The molecule has 2 aromatic heterocycles. The van der Waals surface area contributed by atoms with E-state index in [1.165, 1.54) is 6.20 Å². The first-order chi connectivity index (χ1) is 37.5. The number of aromatic hydroxyl groups is 1. The summed E-state index contributed by atoms with van der Waals surface area (Å²) >= 11 is 0. The van der Waals surface area contributed by atoms with E-state index in [2.05, 4.69) is 80.5 Å². The van der Waals surface area contributed by atoms with Crippen molar-refractivity contribution in [1.29, 1.82) is 0 Å². The largest absolute Gasteiger partial charge is 0.507 e. The summed E-state index contributed by atoms with van der Waals surface area (Å²) < 4.78 is 106. The quantitative estimate of drug-likeness (QED) is 0.162. The summed E-state index contributed by atoms with van der Waals surface area (Å²) in [7, 11) is 0. The number of phenols is 1. The number of hydrogen-bond donors (Lipinski definition) is 1. The van der Waals surface area contributed by atoms with Crippen LogP contribution in [0.25, 0.3) is 83.9 Å². The smallest absolute Gasteiger partial charge is 0.148 e. The number of phenolic OH excluding ortho intramolecular Hbond substituents is 1. The van der Waals surface area contributed by atoms with Crippen molar-refractivity contribution in [2.45, 2.75) is 111 Å². The molecule has 5 heteroatoms. The molecule has 0 fully saturated rings. The Morgan fingerprint density at radius 2 is 1.04 bits per heavy atom. The van der Waals surface area contributed by atoms with Crippen molar-refractivity contribution in [2.24, 2.45) is 0 Å². The van der Waals surface area contributed by atoms with Crippen LogP contribution in [-0.2, 0) is 42.7 Å². The van der Waals surface area contributed by atoms with Crippen LogP contribution in [0.4, 0.5) is 0 Å². The third kappa shape index (κ3) is 9.86. The van der Waals surface area contributed by atoms with Gasteiger partial charge in [0.15, 0.2) is 0 Å². The van der Waals surface area contributed by atoms with Crippen LogP contribution in [0, 0.1) is 12.9 Å². The molecule has 0 unspecified atom stereocenters. The van der Waals surface area contributed by atoms with Gasteiger partial charge in [-0.05, 0) is 103 Å². The Morgan fingerprint density at radius 1 is 0.500 bits per heavy atom. The summed E-state index contributed by atoms with van der Waals surface area (Å²) in [6.45, 7) is 5.74. The van der Waals surface area contributed by atoms with Gasteiger partial charge in [0.05, 0.1) is 22.3 Å². The topological polar surface area (TPSA) is 50.9 Å². The van der Waals surface area contributed by atoms with Crippen molar-refractivity contribution in [2.75, 3.05) is 0 Å². The van der Waals surface area contributed by atoms with Crippen LogP contribution < -0.4 is 0 Å². The standard InChI is InChI=1S/C65H66N3O.Pt/c1-41-40-66-56(39-52(41)44-27-29-47(30-28-44)62(2,3)4)46-33-45(34-49(35-46)64(8,9)10)51-25-20-26-57-59(51)67-61(55-36-48(63(5,6)7)31-32-58(55)69)68(57)60-53(42-21-16-14-17-22-42)37-50(65(11,12)13)38-54(60)43-23-18-15-19-24-43;/h14-32,34-40,69H,1-13H3;/q-1;/i1D3,5D3,6D3,7D3;. The Bertz CT molecular complexity index is 3730. The number of hydrogen-bond acceptors (Lipinski definition) is 3. The van der Waals surface area contributed by atoms with Gasteiger partial charge in [-0.2, -0.15) is 0 Å². The summed E-state index contributed by atoms with van der Waals surface area (Å²) in [4.78, 5) is 10.2. The summed E-state index contributed by atoms with van der Waals surface area (Å²) in [6.07, 6.45) is 1.42. The third-order valence-corrected chi connectivity index (χ3v) is 13.0. The maximum Gasteiger partial charge on any atom is 0.148 e. The molecule has 0 spiro atoms. The third-order valence-electron chi connectivity index (χ3n) is 13.0. The number of benzene rings is 7. The van der Waals surface area contributed by atoms with Gasteiger partial charge < -0.3 is 5.11 Å². The molecule has 1 N–H and O–H groups in total. The molecule has 358 valence electrons. The number of imidazole rings is 1. The fourth-order valence-corrected chi connectivity index (χ4v) is 8.93. The second-order valence-electron chi connectivity index (χ2n) is 21.2. The van der Waals surface area contributed by atoms with Crippen LogP contribution >= 0.6 is 0 Å². The van der Waals surface area contributed by atoms with Gasteiger partial charge in [-0.15, -0.1) is 29.3 Å². The van der Waals surface area contributed by atoms with Gasteiger partial charge >= 0.3 is 0 Å². The van der Waals surface area contributed by atoms with Crippen LogP contribution in [0.15, 0.2) is 158 Å². The fraction of sp³-hybridized carbons (Fsp3) is 0.262. The number of para-hydroxylation sites is 1. The summed E-state index contributed by atoms with van der Waals surface area (Å²) in [5, 5.41) is 12.3. The molecule has 0 amide bonds. The maximum atomic E-state index is 12.3. The van der Waals surface area contributed by atoms with E-state index < -0.39 is 49.6 Å². The number of pyridine rings is 1. The molecule has 9 rings (SSSR count). The number of aryl methyl sites for hydroxylation is 1. The first kappa shape index (κ1) is 36.6. The number of rotatable bonds is 7. The van der Waals surface area contributed by atoms with Gasteiger partial charge in [0.2, 0.25) is 0 Å². The Hall–Kier alpha value is -6.35. The predicted octanol–water partition coefficient (Wildman–Crippen LogP) is 17.4. The Morgan fingerprint density at radius 3 is 1.61 bits per heavy atom. The molecule has 70 heavy (non-hydrogen) atoms. The van der Waals surface area contributed by atoms with Gasteiger partial charge in [-0.3, -0.25) is 9.55 Å². The Kier molecular flexibility index (Phi) is 9.80. The normalized spacial score (nSPS) is 15.6. The van der Waals surface area contributed by atoms with Crippen LogP contribution in [0.5, 0.6) is 5.75 Å². The molecule has 0 bridgehead atoms. The van der Waals surface area contributed by atoms with Crippen molar-refractivity contribution in [3.8, 4) is 78.6 Å². The zero-order valence-electron chi connectivity index (χ0n) is 53.1. The Labute approximate surface area is 448 Å². The summed E-state index contributed by atoms with van der Waals surface area (Å²) in [5.41, 5.74) is 6.29. The van der Waals surface area contributed by atoms with Crippen LogP contribution in [0.1, 0.15) is 127 Å². The second kappa shape index (κ2) is 18.8. The minimum atomic E-state index is -3.60. The second-order valence-corrected chi connectivity index (χ2v) is 21.2. The molecule has 0 radical (unpaired) electrons. The average molecular weight is 1110 g/mol. The number of fused-ring (bicyclic) bond motifs is 1. The van der Waals surface area contributed by atoms with Gasteiger partial charge in [0.1, 0.15) is 11.6 Å². The van der Waals surface area contributed by atoms with Gasteiger partial charge in [-0.25, -0.2) is 4.98 Å². The van der Waals surface area contributed by atoms with E-state index in [0.717, 1.165) is 57.1 Å². The van der Waals surface area contributed by atoms with Gasteiger partial charge in [0, 0.05) is 60.5 Å². The molecule has 4 nitrogen and oxygen atoms in total. The van der Waals surface area contributed by atoms with E-state index in [1.54, 1.807) is 6.07 Å². The van der Waals surface area contributed by atoms with Crippen LogP contribution in [-0.4, -0.2) is 19.6 Å². The van der Waals surface area contributed by atoms with E-state index >= 15 is 0 Å². The fourth-order valence-electron chi connectivity index (χ4n) is 8.93. The van der Waals surface area contributed by atoms with Crippen molar-refractivity contribution >= 4 is 11.0 Å². The molecular weight excluding hydrogens is 1030 g/mol. The summed E-state index contributed by atoms with van der Waals surface area (Å²) in [6, 6.07) is 50.3. The van der Waals surface area contributed by atoms with Crippen molar-refractivity contribution in [3.05, 3.63) is 192 Å². The van der Waals surface area contributed by atoms with E-state index in [-0.39, 0.29) is 48.8 Å². The maximum absolute atomic E-state index is 12.3. The van der Waals surface area contributed by atoms with Gasteiger partial charge in [-0.1, -0.05) is 203 Å². The van der Waals surface area contributed by atoms with Crippen molar-refractivity contribution < 1.29 is 42.6 Å². The van der Waals surface area contributed by atoms with E-state index in [4.69, 9.17) is 26.4 Å². The molecule has 0 saturated heterocycles. The molecule has 2 heterocycles. The zero-order chi connectivity index (χ0) is 59.2. The number of nitrogens with zero attached hydrogens (tertiary/aromatic N) is 3. The zero-order valence-corrected chi connectivity index (χ0v) is 43.4. The Balaban J connectivity index is 0.00000880. The molecule has 0 aliphatic rings. The van der Waals surface area contributed by atoms with E-state index in [9.17, 15) is 5.11 Å². The van der Waals surface area contributed by atoms with Crippen molar-refractivity contribution in [1.82, 2.24) is 14.5 Å².